The van der Waals surface area contributed by atoms with Gasteiger partial charge in [-0.3, -0.25) is 0 Å². The third-order valence-corrected chi connectivity index (χ3v) is 3.20. The normalized spacial score (nSPS) is 18.6. The van der Waals surface area contributed by atoms with Crippen molar-refractivity contribution in [1.29, 1.82) is 5.26 Å². The fourth-order valence-corrected chi connectivity index (χ4v) is 2.23. The van der Waals surface area contributed by atoms with Crippen LogP contribution in [0.4, 0.5) is 5.69 Å². The number of ether oxygens (including phenoxy) is 1. The van der Waals surface area contributed by atoms with Crippen LogP contribution >= 0.6 is 0 Å². The lowest BCUT2D eigenvalue weighted by Crippen LogP contribution is -2.38. The second kappa shape index (κ2) is 7.65. The van der Waals surface area contributed by atoms with E-state index in [9.17, 15) is 0 Å². The lowest BCUT2D eigenvalue weighted by molar-refractivity contribution is 0.313. The van der Waals surface area contributed by atoms with Gasteiger partial charge in [0.15, 0.2) is 0 Å². The quantitative estimate of drug-likeness (QED) is 0.771. The third kappa shape index (κ3) is 4.80. The molecule has 0 saturated carbocycles. The average molecular weight is 259 g/mol. The van der Waals surface area contributed by atoms with Crippen LogP contribution in [0.3, 0.4) is 0 Å². The first-order chi connectivity index (χ1) is 9.38. The predicted octanol–water partition coefficient (Wildman–Crippen LogP) is 2.53. The van der Waals surface area contributed by atoms with Crippen LogP contribution in [-0.2, 0) is 0 Å². The molecule has 0 spiro atoms. The van der Waals surface area contributed by atoms with Gasteiger partial charge in [0, 0.05) is 30.8 Å². The number of rotatable bonds is 6. The Hall–Kier alpha value is -1.73. The molecule has 0 aliphatic carbocycles. The number of nitrogens with zero attached hydrogens (tertiary/aromatic N) is 1. The van der Waals surface area contributed by atoms with Crippen molar-refractivity contribution in [1.82, 2.24) is 5.32 Å². The predicted molar refractivity (Wildman–Crippen MR) is 76.3 cm³/mol. The van der Waals surface area contributed by atoms with E-state index in [1.165, 1.54) is 12.8 Å². The molecule has 1 aliphatic rings. The molecule has 1 aliphatic heterocycles. The molecule has 1 aromatic carbocycles. The third-order valence-electron chi connectivity index (χ3n) is 3.20. The van der Waals surface area contributed by atoms with Gasteiger partial charge in [-0.1, -0.05) is 6.07 Å². The Morgan fingerprint density at radius 3 is 3.21 bits per heavy atom. The van der Waals surface area contributed by atoms with Gasteiger partial charge in [0.1, 0.15) is 5.75 Å². The van der Waals surface area contributed by atoms with Gasteiger partial charge >= 0.3 is 0 Å². The van der Waals surface area contributed by atoms with E-state index >= 15 is 0 Å². The number of unbranched alkanes of at least 4 members (excludes halogenated alkanes) is 1. The van der Waals surface area contributed by atoms with Gasteiger partial charge < -0.3 is 15.4 Å². The average Bonchev–Trinajstić information content (AvgIpc) is 2.45. The number of anilines is 1. The van der Waals surface area contributed by atoms with Crippen LogP contribution in [0.15, 0.2) is 24.3 Å². The Labute approximate surface area is 114 Å². The Bertz CT molecular complexity index is 422. The smallest absolute Gasteiger partial charge is 0.121 e. The van der Waals surface area contributed by atoms with Crippen LogP contribution < -0.4 is 15.4 Å². The van der Waals surface area contributed by atoms with E-state index in [0.717, 1.165) is 30.9 Å². The van der Waals surface area contributed by atoms with Gasteiger partial charge in [-0.2, -0.15) is 5.26 Å². The van der Waals surface area contributed by atoms with E-state index in [-0.39, 0.29) is 0 Å². The van der Waals surface area contributed by atoms with E-state index in [0.29, 0.717) is 19.1 Å². The van der Waals surface area contributed by atoms with Crippen LogP contribution in [0.1, 0.15) is 25.7 Å². The summed E-state index contributed by atoms with van der Waals surface area (Å²) in [6.07, 6.45) is 3.76. The summed E-state index contributed by atoms with van der Waals surface area (Å²) in [6, 6.07) is 10.7. The molecule has 4 nitrogen and oxygen atoms in total. The van der Waals surface area contributed by atoms with Crippen molar-refractivity contribution in [2.24, 2.45) is 0 Å². The van der Waals surface area contributed by atoms with E-state index < -0.39 is 0 Å². The zero-order valence-electron chi connectivity index (χ0n) is 11.2. The molecule has 2 N–H and O–H groups in total. The standard InChI is InChI=1S/C15H21N3O/c16-8-1-2-10-19-15-7-3-5-13(11-15)18-14-6-4-9-17-12-14/h3,5,7,11,14,17-18H,1-2,4,6,9-10,12H2. The van der Waals surface area contributed by atoms with E-state index in [4.69, 9.17) is 10.00 Å². The molecule has 1 saturated heterocycles. The van der Waals surface area contributed by atoms with Crippen LogP contribution in [0.5, 0.6) is 5.75 Å². The van der Waals surface area contributed by atoms with E-state index in [1.807, 2.05) is 18.2 Å². The van der Waals surface area contributed by atoms with Crippen molar-refractivity contribution in [3.63, 3.8) is 0 Å². The monoisotopic (exact) mass is 259 g/mol. The van der Waals surface area contributed by atoms with Gasteiger partial charge in [0.05, 0.1) is 12.7 Å². The first-order valence-corrected chi connectivity index (χ1v) is 6.95. The summed E-state index contributed by atoms with van der Waals surface area (Å²) >= 11 is 0. The van der Waals surface area contributed by atoms with Gasteiger partial charge in [0.2, 0.25) is 0 Å². The maximum atomic E-state index is 8.47. The summed E-state index contributed by atoms with van der Waals surface area (Å²) in [4.78, 5) is 0. The first kappa shape index (κ1) is 13.7. The molecule has 0 radical (unpaired) electrons. The van der Waals surface area contributed by atoms with Crippen LogP contribution in [0, 0.1) is 11.3 Å². The number of nitrogens with one attached hydrogen (secondary N) is 2. The minimum Gasteiger partial charge on any atom is -0.493 e. The molecule has 102 valence electrons. The lowest BCUT2D eigenvalue weighted by Gasteiger charge is -2.25. The summed E-state index contributed by atoms with van der Waals surface area (Å²) in [7, 11) is 0. The molecule has 19 heavy (non-hydrogen) atoms. The second-order valence-electron chi connectivity index (χ2n) is 4.83. The SMILES string of the molecule is N#CCCCOc1cccc(NC2CCCNC2)c1. The van der Waals surface area contributed by atoms with Gasteiger partial charge in [-0.15, -0.1) is 0 Å². The summed E-state index contributed by atoms with van der Waals surface area (Å²) in [6.45, 7) is 2.75. The maximum absolute atomic E-state index is 8.47. The molecule has 1 atom stereocenters. The highest BCUT2D eigenvalue weighted by Crippen LogP contribution is 2.19. The van der Waals surface area contributed by atoms with Crippen molar-refractivity contribution in [2.75, 3.05) is 25.0 Å². The highest BCUT2D eigenvalue weighted by atomic mass is 16.5. The van der Waals surface area contributed by atoms with E-state index in [1.54, 1.807) is 0 Å². The first-order valence-electron chi connectivity index (χ1n) is 6.95. The zero-order chi connectivity index (χ0) is 13.3. The highest BCUT2D eigenvalue weighted by Gasteiger charge is 2.12. The summed E-state index contributed by atoms with van der Waals surface area (Å²) in [5.41, 5.74) is 1.10. The molecule has 0 aromatic heterocycles. The lowest BCUT2D eigenvalue weighted by atomic mass is 10.1. The number of nitriles is 1. The second-order valence-corrected chi connectivity index (χ2v) is 4.83. The molecule has 1 unspecified atom stereocenters. The summed E-state index contributed by atoms with van der Waals surface area (Å²) in [5.74, 6) is 0.867. The van der Waals surface area contributed by atoms with Gasteiger partial charge in [-0.05, 0) is 37.9 Å². The molecule has 4 heteroatoms. The van der Waals surface area contributed by atoms with Gasteiger partial charge in [-0.25, -0.2) is 0 Å². The summed E-state index contributed by atoms with van der Waals surface area (Å²) in [5, 5.41) is 15.4. The molecule has 1 fully saturated rings. The fraction of sp³-hybridized carbons (Fsp3) is 0.533. The van der Waals surface area contributed by atoms with Crippen molar-refractivity contribution >= 4 is 5.69 Å². The molecular formula is C15H21N3O. The van der Waals surface area contributed by atoms with Crippen molar-refractivity contribution in [3.05, 3.63) is 24.3 Å². The minimum atomic E-state index is 0.502. The molecule has 0 bridgehead atoms. The van der Waals surface area contributed by atoms with Crippen LogP contribution in [0.2, 0.25) is 0 Å². The highest BCUT2D eigenvalue weighted by molar-refractivity contribution is 5.49. The molecular weight excluding hydrogens is 238 g/mol. The topological polar surface area (TPSA) is 57.1 Å². The Kier molecular flexibility index (Phi) is 5.51. The Morgan fingerprint density at radius 1 is 1.47 bits per heavy atom. The number of hydrogen-bond donors (Lipinski definition) is 2. The van der Waals surface area contributed by atoms with Crippen LogP contribution in [-0.4, -0.2) is 25.7 Å². The van der Waals surface area contributed by atoms with E-state index in [2.05, 4.69) is 22.8 Å². The molecule has 1 aromatic rings. The maximum Gasteiger partial charge on any atom is 0.121 e. The van der Waals surface area contributed by atoms with Crippen molar-refractivity contribution in [2.45, 2.75) is 31.7 Å². The molecule has 1 heterocycles. The fourth-order valence-electron chi connectivity index (χ4n) is 2.23. The number of hydrogen-bond acceptors (Lipinski definition) is 4. The largest absolute Gasteiger partial charge is 0.493 e. The van der Waals surface area contributed by atoms with Crippen molar-refractivity contribution < 1.29 is 4.74 Å². The number of piperidine rings is 1. The minimum absolute atomic E-state index is 0.502. The Morgan fingerprint density at radius 2 is 2.42 bits per heavy atom. The Balaban J connectivity index is 1.82. The molecule has 0 amide bonds. The zero-order valence-corrected chi connectivity index (χ0v) is 11.2. The van der Waals surface area contributed by atoms with Crippen LogP contribution in [0.25, 0.3) is 0 Å². The van der Waals surface area contributed by atoms with Gasteiger partial charge in [0.25, 0.3) is 0 Å². The molecule has 2 rings (SSSR count). The summed E-state index contributed by atoms with van der Waals surface area (Å²) < 4.78 is 5.63. The number of benzene rings is 1. The van der Waals surface area contributed by atoms with Crippen molar-refractivity contribution in [3.8, 4) is 11.8 Å².